The summed E-state index contributed by atoms with van der Waals surface area (Å²) in [7, 11) is 0. The number of hydrogen-bond acceptors (Lipinski definition) is 5. The topological polar surface area (TPSA) is 57.7 Å². The van der Waals surface area contributed by atoms with E-state index in [0.717, 1.165) is 0 Å². The SMILES string of the molecule is O=C(COc1cncc(Cl)c1)c1ccc2c(c1)OCO2. The summed E-state index contributed by atoms with van der Waals surface area (Å²) in [5.41, 5.74) is 0.504. The first-order valence-corrected chi connectivity index (χ1v) is 6.26. The Labute approximate surface area is 120 Å². The molecule has 0 atom stereocenters. The van der Waals surface area contributed by atoms with Crippen LogP contribution in [0.2, 0.25) is 5.02 Å². The molecule has 6 heteroatoms. The van der Waals surface area contributed by atoms with Gasteiger partial charge in [0.2, 0.25) is 6.79 Å². The van der Waals surface area contributed by atoms with Crippen molar-refractivity contribution in [2.75, 3.05) is 13.4 Å². The van der Waals surface area contributed by atoms with Crippen LogP contribution < -0.4 is 14.2 Å². The largest absolute Gasteiger partial charge is 0.484 e. The quantitative estimate of drug-likeness (QED) is 0.811. The molecule has 20 heavy (non-hydrogen) atoms. The van der Waals surface area contributed by atoms with E-state index in [-0.39, 0.29) is 19.2 Å². The zero-order chi connectivity index (χ0) is 13.9. The Balaban J connectivity index is 1.67. The van der Waals surface area contributed by atoms with Gasteiger partial charge in [-0.15, -0.1) is 0 Å². The van der Waals surface area contributed by atoms with Crippen molar-refractivity contribution in [3.05, 3.63) is 47.2 Å². The van der Waals surface area contributed by atoms with Crippen molar-refractivity contribution in [3.63, 3.8) is 0 Å². The lowest BCUT2D eigenvalue weighted by atomic mass is 10.1. The second kappa shape index (κ2) is 5.38. The van der Waals surface area contributed by atoms with Crippen LogP contribution in [0.3, 0.4) is 0 Å². The molecular weight excluding hydrogens is 282 g/mol. The smallest absolute Gasteiger partial charge is 0.231 e. The maximum atomic E-state index is 12.0. The van der Waals surface area contributed by atoms with Gasteiger partial charge < -0.3 is 14.2 Å². The molecule has 3 rings (SSSR count). The highest BCUT2D eigenvalue weighted by Gasteiger charge is 2.16. The fourth-order valence-corrected chi connectivity index (χ4v) is 1.94. The molecule has 1 aromatic heterocycles. The first kappa shape index (κ1) is 12.7. The molecule has 102 valence electrons. The minimum atomic E-state index is -0.164. The van der Waals surface area contributed by atoms with E-state index in [9.17, 15) is 4.79 Å². The predicted molar refractivity (Wildman–Crippen MR) is 71.6 cm³/mol. The average molecular weight is 292 g/mol. The molecule has 0 N–H and O–H groups in total. The fraction of sp³-hybridized carbons (Fsp3) is 0.143. The van der Waals surface area contributed by atoms with Gasteiger partial charge in [-0.1, -0.05) is 11.6 Å². The summed E-state index contributed by atoms with van der Waals surface area (Å²) < 4.78 is 15.8. The number of ketones is 1. The normalized spacial score (nSPS) is 12.2. The average Bonchev–Trinajstić information content (AvgIpc) is 2.92. The Morgan fingerprint density at radius 3 is 2.95 bits per heavy atom. The van der Waals surface area contributed by atoms with Crippen molar-refractivity contribution in [3.8, 4) is 17.2 Å². The number of aromatic nitrogens is 1. The number of carbonyl (C=O) groups is 1. The third-order valence-electron chi connectivity index (χ3n) is 2.74. The number of fused-ring (bicyclic) bond motifs is 1. The van der Waals surface area contributed by atoms with Gasteiger partial charge in [-0.05, 0) is 18.2 Å². The van der Waals surface area contributed by atoms with Crippen LogP contribution >= 0.6 is 11.6 Å². The molecule has 0 spiro atoms. The van der Waals surface area contributed by atoms with Crippen LogP contribution in [0.25, 0.3) is 0 Å². The molecule has 0 radical (unpaired) electrons. The predicted octanol–water partition coefficient (Wildman–Crippen LogP) is 2.73. The highest BCUT2D eigenvalue weighted by molar-refractivity contribution is 6.30. The standard InChI is InChI=1S/C14H10ClNO4/c15-10-4-11(6-16-5-10)18-7-12(17)9-1-2-13-14(3-9)20-8-19-13/h1-6H,7-8H2. The number of rotatable bonds is 4. The van der Waals surface area contributed by atoms with E-state index >= 15 is 0 Å². The zero-order valence-corrected chi connectivity index (χ0v) is 11.1. The van der Waals surface area contributed by atoms with E-state index in [1.807, 2.05) is 0 Å². The minimum Gasteiger partial charge on any atom is -0.484 e. The Morgan fingerprint density at radius 2 is 2.10 bits per heavy atom. The monoisotopic (exact) mass is 291 g/mol. The highest BCUT2D eigenvalue weighted by atomic mass is 35.5. The number of Topliss-reactive ketones (excluding diaryl/α,β-unsaturated/α-hetero) is 1. The second-order valence-electron chi connectivity index (χ2n) is 4.12. The van der Waals surface area contributed by atoms with Gasteiger partial charge in [-0.3, -0.25) is 9.78 Å². The fourth-order valence-electron chi connectivity index (χ4n) is 1.77. The van der Waals surface area contributed by atoms with Gasteiger partial charge in [-0.25, -0.2) is 0 Å². The van der Waals surface area contributed by atoms with Gasteiger partial charge in [0.1, 0.15) is 5.75 Å². The maximum absolute atomic E-state index is 12.0. The van der Waals surface area contributed by atoms with E-state index in [1.54, 1.807) is 24.3 Å². The summed E-state index contributed by atoms with van der Waals surface area (Å²) in [6.45, 7) is 0.0827. The Morgan fingerprint density at radius 1 is 1.25 bits per heavy atom. The van der Waals surface area contributed by atoms with E-state index in [4.69, 9.17) is 25.8 Å². The molecule has 0 saturated carbocycles. The molecule has 0 unspecified atom stereocenters. The van der Waals surface area contributed by atoms with Gasteiger partial charge in [0, 0.05) is 17.8 Å². The maximum Gasteiger partial charge on any atom is 0.231 e. The Bertz CT molecular complexity index is 659. The lowest BCUT2D eigenvalue weighted by molar-refractivity contribution is 0.0921. The van der Waals surface area contributed by atoms with E-state index in [2.05, 4.69) is 4.98 Å². The molecule has 2 heterocycles. The van der Waals surface area contributed by atoms with Gasteiger partial charge >= 0.3 is 0 Å². The number of nitrogens with zero attached hydrogens (tertiary/aromatic N) is 1. The Kier molecular flexibility index (Phi) is 3.43. The first-order chi connectivity index (χ1) is 9.72. The molecule has 0 fully saturated rings. The van der Waals surface area contributed by atoms with Gasteiger partial charge in [0.25, 0.3) is 0 Å². The van der Waals surface area contributed by atoms with E-state index in [1.165, 1.54) is 12.4 Å². The minimum absolute atomic E-state index is 0.0956. The van der Waals surface area contributed by atoms with Gasteiger partial charge in [-0.2, -0.15) is 0 Å². The van der Waals surface area contributed by atoms with Crippen LogP contribution in [-0.4, -0.2) is 24.2 Å². The molecule has 0 amide bonds. The van der Waals surface area contributed by atoms with Crippen LogP contribution in [-0.2, 0) is 0 Å². The third-order valence-corrected chi connectivity index (χ3v) is 2.95. The summed E-state index contributed by atoms with van der Waals surface area (Å²) in [5, 5.41) is 0.457. The van der Waals surface area contributed by atoms with E-state index in [0.29, 0.717) is 27.8 Å². The lowest BCUT2D eigenvalue weighted by Gasteiger charge is -2.06. The molecule has 1 aromatic carbocycles. The van der Waals surface area contributed by atoms with Crippen molar-refractivity contribution >= 4 is 17.4 Å². The summed E-state index contributed by atoms with van der Waals surface area (Å²) in [6.07, 6.45) is 2.99. The number of ether oxygens (including phenoxy) is 3. The van der Waals surface area contributed by atoms with Crippen molar-refractivity contribution < 1.29 is 19.0 Å². The second-order valence-corrected chi connectivity index (χ2v) is 4.56. The molecule has 2 aromatic rings. The number of halogens is 1. The van der Waals surface area contributed by atoms with Crippen LogP contribution in [0, 0.1) is 0 Å². The van der Waals surface area contributed by atoms with Crippen molar-refractivity contribution in [2.45, 2.75) is 0 Å². The number of benzene rings is 1. The number of carbonyl (C=O) groups excluding carboxylic acids is 1. The molecule has 0 bridgehead atoms. The highest BCUT2D eigenvalue weighted by Crippen LogP contribution is 2.32. The third kappa shape index (κ3) is 2.67. The summed E-state index contributed by atoms with van der Waals surface area (Å²) in [6, 6.07) is 6.62. The summed E-state index contributed by atoms with van der Waals surface area (Å²) in [4.78, 5) is 15.9. The number of hydrogen-bond donors (Lipinski definition) is 0. The number of pyridine rings is 1. The molecule has 1 aliphatic heterocycles. The lowest BCUT2D eigenvalue weighted by Crippen LogP contribution is -2.11. The Hall–Kier alpha value is -2.27. The molecule has 1 aliphatic rings. The van der Waals surface area contributed by atoms with Crippen LogP contribution in [0.5, 0.6) is 17.2 Å². The van der Waals surface area contributed by atoms with Crippen LogP contribution in [0.4, 0.5) is 0 Å². The first-order valence-electron chi connectivity index (χ1n) is 5.88. The summed E-state index contributed by atoms with van der Waals surface area (Å²) in [5.74, 6) is 1.50. The van der Waals surface area contributed by atoms with E-state index < -0.39 is 0 Å². The van der Waals surface area contributed by atoms with Crippen molar-refractivity contribution in [1.29, 1.82) is 0 Å². The molecule has 0 saturated heterocycles. The van der Waals surface area contributed by atoms with Crippen LogP contribution in [0.1, 0.15) is 10.4 Å². The van der Waals surface area contributed by atoms with Crippen molar-refractivity contribution in [2.24, 2.45) is 0 Å². The molecule has 0 aliphatic carbocycles. The molecule has 5 nitrogen and oxygen atoms in total. The summed E-state index contributed by atoms with van der Waals surface area (Å²) >= 11 is 5.78. The van der Waals surface area contributed by atoms with Gasteiger partial charge in [0.05, 0.1) is 11.2 Å². The zero-order valence-electron chi connectivity index (χ0n) is 10.3. The van der Waals surface area contributed by atoms with Gasteiger partial charge in [0.15, 0.2) is 23.9 Å². The van der Waals surface area contributed by atoms with Crippen molar-refractivity contribution in [1.82, 2.24) is 4.98 Å². The van der Waals surface area contributed by atoms with Crippen LogP contribution in [0.15, 0.2) is 36.7 Å². The molecular formula is C14H10ClNO4.